The van der Waals surface area contributed by atoms with Crippen molar-refractivity contribution < 1.29 is 9.84 Å². The molecular formula is C17H18O2. The third kappa shape index (κ3) is 3.15. The summed E-state index contributed by atoms with van der Waals surface area (Å²) in [6.45, 7) is 5.43. The second kappa shape index (κ2) is 6.63. The summed E-state index contributed by atoms with van der Waals surface area (Å²) in [5, 5.41) is 10.7. The maximum Gasteiger partial charge on any atom is 0.176 e. The molecule has 2 nitrogen and oxygen atoms in total. The van der Waals surface area contributed by atoms with Crippen molar-refractivity contribution in [2.75, 3.05) is 7.11 Å². The SMILES string of the molecule is C#CC(O)(C(/C=C\C=C)=C/C)c1ccc(OC)cc1. The van der Waals surface area contributed by atoms with Gasteiger partial charge in [-0.2, -0.15) is 0 Å². The van der Waals surface area contributed by atoms with Gasteiger partial charge in [0.15, 0.2) is 5.60 Å². The Kier molecular flexibility index (Phi) is 5.17. The van der Waals surface area contributed by atoms with Crippen LogP contribution in [0.25, 0.3) is 0 Å². The number of allylic oxidation sites excluding steroid dienone is 3. The number of rotatable bonds is 5. The third-order valence-corrected chi connectivity index (χ3v) is 2.86. The monoisotopic (exact) mass is 254 g/mol. The number of methoxy groups -OCH3 is 1. The molecule has 0 saturated heterocycles. The van der Waals surface area contributed by atoms with Crippen molar-refractivity contribution in [3.05, 3.63) is 66.3 Å². The fourth-order valence-electron chi connectivity index (χ4n) is 1.76. The fraction of sp³-hybridized carbons (Fsp3) is 0.176. The molecule has 0 amide bonds. The number of hydrogen-bond donors (Lipinski definition) is 1. The summed E-state index contributed by atoms with van der Waals surface area (Å²) < 4.78 is 5.09. The van der Waals surface area contributed by atoms with E-state index in [2.05, 4.69) is 12.5 Å². The Morgan fingerprint density at radius 2 is 2.05 bits per heavy atom. The van der Waals surface area contributed by atoms with Gasteiger partial charge >= 0.3 is 0 Å². The minimum Gasteiger partial charge on any atom is -0.497 e. The molecule has 0 saturated carbocycles. The molecule has 2 heteroatoms. The normalized spacial score (nSPS) is 14.7. The summed E-state index contributed by atoms with van der Waals surface area (Å²) in [6, 6.07) is 7.04. The lowest BCUT2D eigenvalue weighted by molar-refractivity contribution is 0.144. The number of terminal acetylenes is 1. The van der Waals surface area contributed by atoms with E-state index >= 15 is 0 Å². The van der Waals surface area contributed by atoms with E-state index in [1.165, 1.54) is 0 Å². The zero-order valence-electron chi connectivity index (χ0n) is 11.3. The molecule has 1 aromatic rings. The molecule has 0 aromatic heterocycles. The van der Waals surface area contributed by atoms with Crippen molar-refractivity contribution >= 4 is 0 Å². The Bertz CT molecular complexity index is 529. The van der Waals surface area contributed by atoms with Crippen LogP contribution in [0.3, 0.4) is 0 Å². The second-order valence-corrected chi connectivity index (χ2v) is 3.92. The Hall–Kier alpha value is -2.24. The average Bonchev–Trinajstić information content (AvgIpc) is 2.47. The Labute approximate surface area is 114 Å². The summed E-state index contributed by atoms with van der Waals surface area (Å²) in [5.74, 6) is 3.17. The van der Waals surface area contributed by atoms with Crippen LogP contribution < -0.4 is 4.74 Å². The minimum atomic E-state index is -1.46. The smallest absolute Gasteiger partial charge is 0.176 e. The van der Waals surface area contributed by atoms with Crippen LogP contribution in [0.4, 0.5) is 0 Å². The van der Waals surface area contributed by atoms with Gasteiger partial charge in [-0.1, -0.05) is 48.9 Å². The number of hydrogen-bond acceptors (Lipinski definition) is 2. The molecule has 0 spiro atoms. The number of benzene rings is 1. The molecule has 0 fully saturated rings. The van der Waals surface area contributed by atoms with Crippen molar-refractivity contribution in [2.24, 2.45) is 0 Å². The van der Waals surface area contributed by atoms with Crippen molar-refractivity contribution in [3.8, 4) is 18.1 Å². The predicted molar refractivity (Wildman–Crippen MR) is 78.8 cm³/mol. The van der Waals surface area contributed by atoms with Crippen LogP contribution in [0.5, 0.6) is 5.75 Å². The first-order valence-corrected chi connectivity index (χ1v) is 5.93. The summed E-state index contributed by atoms with van der Waals surface area (Å²) in [6.07, 6.45) is 12.4. The van der Waals surface area contributed by atoms with E-state index in [0.717, 1.165) is 0 Å². The molecule has 1 N–H and O–H groups in total. The molecule has 1 aromatic carbocycles. The quantitative estimate of drug-likeness (QED) is 0.646. The average molecular weight is 254 g/mol. The zero-order chi connectivity index (χ0) is 14.3. The van der Waals surface area contributed by atoms with Gasteiger partial charge in [-0.25, -0.2) is 0 Å². The molecule has 0 heterocycles. The van der Waals surface area contributed by atoms with Crippen molar-refractivity contribution in [3.63, 3.8) is 0 Å². The maximum absolute atomic E-state index is 10.7. The lowest BCUT2D eigenvalue weighted by atomic mass is 9.86. The van der Waals surface area contributed by atoms with Crippen molar-refractivity contribution in [2.45, 2.75) is 12.5 Å². The molecule has 19 heavy (non-hydrogen) atoms. The third-order valence-electron chi connectivity index (χ3n) is 2.86. The summed E-state index contributed by atoms with van der Waals surface area (Å²) in [5.41, 5.74) is -0.210. The number of ether oxygens (including phenoxy) is 1. The molecule has 0 radical (unpaired) electrons. The molecule has 1 rings (SSSR count). The van der Waals surface area contributed by atoms with Gasteiger partial charge in [0.25, 0.3) is 0 Å². The van der Waals surface area contributed by atoms with Crippen LogP contribution in [-0.2, 0) is 5.60 Å². The number of aliphatic hydroxyl groups is 1. The minimum absolute atomic E-state index is 0.623. The molecule has 1 unspecified atom stereocenters. The summed E-state index contributed by atoms with van der Waals surface area (Å²) >= 11 is 0. The van der Waals surface area contributed by atoms with Gasteiger partial charge < -0.3 is 9.84 Å². The van der Waals surface area contributed by atoms with Crippen LogP contribution >= 0.6 is 0 Å². The van der Waals surface area contributed by atoms with E-state index in [1.54, 1.807) is 55.7 Å². The molecule has 0 bridgehead atoms. The van der Waals surface area contributed by atoms with Gasteiger partial charge in [0, 0.05) is 5.56 Å². The summed E-state index contributed by atoms with van der Waals surface area (Å²) in [4.78, 5) is 0. The predicted octanol–water partition coefficient (Wildman–Crippen LogP) is 3.20. The molecule has 0 aliphatic heterocycles. The fourth-order valence-corrected chi connectivity index (χ4v) is 1.76. The van der Waals surface area contributed by atoms with Crippen LogP contribution in [0.15, 0.2) is 60.7 Å². The molecule has 0 aliphatic rings. The highest BCUT2D eigenvalue weighted by Crippen LogP contribution is 2.31. The zero-order valence-corrected chi connectivity index (χ0v) is 11.3. The maximum atomic E-state index is 10.7. The van der Waals surface area contributed by atoms with Crippen molar-refractivity contribution in [1.29, 1.82) is 0 Å². The van der Waals surface area contributed by atoms with Gasteiger partial charge in [-0.15, -0.1) is 6.42 Å². The van der Waals surface area contributed by atoms with E-state index in [1.807, 2.05) is 6.92 Å². The Morgan fingerprint density at radius 3 is 2.47 bits per heavy atom. The van der Waals surface area contributed by atoms with E-state index in [9.17, 15) is 5.11 Å². The lowest BCUT2D eigenvalue weighted by Gasteiger charge is -2.24. The standard InChI is InChI=1S/C17H18O2/c1-5-8-9-14(6-2)17(18,7-3)15-10-12-16(19-4)13-11-15/h3,5-6,8-13,18H,1H2,2,4H3/b9-8-,14-6+. The van der Waals surface area contributed by atoms with Crippen molar-refractivity contribution in [1.82, 2.24) is 0 Å². The van der Waals surface area contributed by atoms with Crippen LogP contribution in [0, 0.1) is 12.3 Å². The van der Waals surface area contributed by atoms with E-state index in [-0.39, 0.29) is 0 Å². The Morgan fingerprint density at radius 1 is 1.42 bits per heavy atom. The molecule has 98 valence electrons. The van der Waals surface area contributed by atoms with Crippen LogP contribution in [0.2, 0.25) is 0 Å². The first-order chi connectivity index (χ1) is 9.12. The molecule has 1 atom stereocenters. The highest BCUT2D eigenvalue weighted by Gasteiger charge is 2.29. The largest absolute Gasteiger partial charge is 0.497 e. The van der Waals surface area contributed by atoms with Gasteiger partial charge in [0.2, 0.25) is 0 Å². The Balaban J connectivity index is 3.25. The topological polar surface area (TPSA) is 29.5 Å². The van der Waals surface area contributed by atoms with Gasteiger partial charge in [-0.3, -0.25) is 0 Å². The highest BCUT2D eigenvalue weighted by molar-refractivity contribution is 5.47. The van der Waals surface area contributed by atoms with Crippen LogP contribution in [-0.4, -0.2) is 12.2 Å². The van der Waals surface area contributed by atoms with Crippen LogP contribution in [0.1, 0.15) is 12.5 Å². The highest BCUT2D eigenvalue weighted by atomic mass is 16.5. The molecule has 0 aliphatic carbocycles. The van der Waals surface area contributed by atoms with E-state index in [4.69, 9.17) is 11.2 Å². The van der Waals surface area contributed by atoms with Gasteiger partial charge in [0.05, 0.1) is 7.11 Å². The van der Waals surface area contributed by atoms with E-state index < -0.39 is 5.60 Å². The van der Waals surface area contributed by atoms with Gasteiger partial charge in [0.1, 0.15) is 5.75 Å². The second-order valence-electron chi connectivity index (χ2n) is 3.92. The summed E-state index contributed by atoms with van der Waals surface area (Å²) in [7, 11) is 1.59. The first kappa shape index (κ1) is 14.8. The first-order valence-electron chi connectivity index (χ1n) is 5.93. The van der Waals surface area contributed by atoms with E-state index in [0.29, 0.717) is 16.9 Å². The van der Waals surface area contributed by atoms with Gasteiger partial charge in [-0.05, 0) is 24.6 Å². The lowest BCUT2D eigenvalue weighted by Crippen LogP contribution is -2.25. The molecular weight excluding hydrogens is 236 g/mol.